The summed E-state index contributed by atoms with van der Waals surface area (Å²) in [5, 5.41) is 0. The third-order valence-corrected chi connectivity index (χ3v) is 3.07. The average molecular weight is 331 g/mol. The molecule has 0 unspecified atom stereocenters. The summed E-state index contributed by atoms with van der Waals surface area (Å²) in [5.74, 6) is -0.268. The molecular formula is C16H11BrO3. The second kappa shape index (κ2) is 6.82. The molecule has 2 aromatic rings. The van der Waals surface area contributed by atoms with E-state index in [0.29, 0.717) is 11.8 Å². The minimum Gasteiger partial charge on any atom is -0.423 e. The van der Waals surface area contributed by atoms with E-state index in [-0.39, 0.29) is 5.75 Å². The normalized spacial score (nSPS) is 10.4. The van der Waals surface area contributed by atoms with Gasteiger partial charge in [0.05, 0.1) is 5.56 Å². The van der Waals surface area contributed by atoms with Gasteiger partial charge in [-0.2, -0.15) is 0 Å². The first kappa shape index (κ1) is 14.2. The van der Waals surface area contributed by atoms with Gasteiger partial charge in [-0.3, -0.25) is 4.79 Å². The molecule has 20 heavy (non-hydrogen) atoms. The molecule has 0 atom stereocenters. The molecule has 0 saturated heterocycles. The summed E-state index contributed by atoms with van der Waals surface area (Å²) in [5.41, 5.74) is 1.23. The number of hydrogen-bond donors (Lipinski definition) is 0. The lowest BCUT2D eigenvalue weighted by atomic mass is 10.2. The van der Waals surface area contributed by atoms with Crippen molar-refractivity contribution in [3.8, 4) is 5.75 Å². The highest BCUT2D eigenvalue weighted by molar-refractivity contribution is 9.10. The second-order valence-electron chi connectivity index (χ2n) is 3.96. The summed E-state index contributed by atoms with van der Waals surface area (Å²) in [7, 11) is 0. The molecule has 0 aliphatic rings. The molecule has 0 aromatic heterocycles. The zero-order chi connectivity index (χ0) is 14.4. The lowest BCUT2D eigenvalue weighted by Crippen LogP contribution is -2.05. The fourth-order valence-corrected chi connectivity index (χ4v) is 1.82. The van der Waals surface area contributed by atoms with E-state index in [1.807, 2.05) is 24.3 Å². The number of para-hydroxylation sites is 1. The summed E-state index contributed by atoms with van der Waals surface area (Å²) >= 11 is 3.34. The molecule has 3 nitrogen and oxygen atoms in total. The standard InChI is InChI=1S/C16H11BrO3/c17-14-8-5-12(6-9-14)7-10-16(19)20-15-4-2-1-3-13(15)11-18/h1-11H. The first-order chi connectivity index (χ1) is 9.69. The maximum atomic E-state index is 11.7. The van der Waals surface area contributed by atoms with Crippen molar-refractivity contribution in [3.05, 3.63) is 70.2 Å². The third-order valence-electron chi connectivity index (χ3n) is 2.54. The maximum absolute atomic E-state index is 11.7. The molecule has 2 rings (SSSR count). The van der Waals surface area contributed by atoms with E-state index < -0.39 is 5.97 Å². The van der Waals surface area contributed by atoms with E-state index in [0.717, 1.165) is 10.0 Å². The van der Waals surface area contributed by atoms with Crippen LogP contribution in [0.4, 0.5) is 0 Å². The zero-order valence-corrected chi connectivity index (χ0v) is 12.0. The number of rotatable bonds is 4. The van der Waals surface area contributed by atoms with Crippen LogP contribution in [0.25, 0.3) is 6.08 Å². The van der Waals surface area contributed by atoms with Gasteiger partial charge in [-0.25, -0.2) is 4.79 Å². The SMILES string of the molecule is O=Cc1ccccc1OC(=O)C=Cc1ccc(Br)cc1. The van der Waals surface area contributed by atoms with Crippen molar-refractivity contribution >= 4 is 34.3 Å². The van der Waals surface area contributed by atoms with Gasteiger partial charge in [0, 0.05) is 10.5 Å². The zero-order valence-electron chi connectivity index (χ0n) is 10.5. The number of aldehydes is 1. The van der Waals surface area contributed by atoms with Crippen LogP contribution in [-0.2, 0) is 4.79 Å². The molecule has 0 fully saturated rings. The quantitative estimate of drug-likeness (QED) is 0.370. The van der Waals surface area contributed by atoms with Crippen LogP contribution in [0.2, 0.25) is 0 Å². The van der Waals surface area contributed by atoms with Gasteiger partial charge in [0.1, 0.15) is 5.75 Å². The van der Waals surface area contributed by atoms with Gasteiger partial charge in [0.15, 0.2) is 6.29 Å². The molecule has 0 bridgehead atoms. The minimum atomic E-state index is -0.526. The van der Waals surface area contributed by atoms with Crippen molar-refractivity contribution in [2.45, 2.75) is 0 Å². The Bertz CT molecular complexity index is 645. The van der Waals surface area contributed by atoms with Crippen molar-refractivity contribution in [1.82, 2.24) is 0 Å². The molecule has 2 aromatic carbocycles. The lowest BCUT2D eigenvalue weighted by Gasteiger charge is -2.03. The van der Waals surface area contributed by atoms with Crippen molar-refractivity contribution in [2.24, 2.45) is 0 Å². The van der Waals surface area contributed by atoms with Gasteiger partial charge in [-0.15, -0.1) is 0 Å². The predicted octanol–water partition coefficient (Wildman–Crippen LogP) is 3.88. The van der Waals surface area contributed by atoms with Gasteiger partial charge in [-0.05, 0) is 35.9 Å². The molecular weight excluding hydrogens is 320 g/mol. The molecule has 0 aliphatic carbocycles. The van der Waals surface area contributed by atoms with Crippen molar-refractivity contribution in [2.75, 3.05) is 0 Å². The fourth-order valence-electron chi connectivity index (χ4n) is 1.55. The van der Waals surface area contributed by atoms with Gasteiger partial charge >= 0.3 is 5.97 Å². The van der Waals surface area contributed by atoms with Crippen LogP contribution in [0.1, 0.15) is 15.9 Å². The van der Waals surface area contributed by atoms with Crippen LogP contribution in [-0.4, -0.2) is 12.3 Å². The Labute approximate surface area is 125 Å². The summed E-state index contributed by atoms with van der Waals surface area (Å²) in [6.07, 6.45) is 3.63. The molecule has 0 amide bonds. The molecule has 0 aliphatic heterocycles. The van der Waals surface area contributed by atoms with Crippen LogP contribution in [0.3, 0.4) is 0 Å². The molecule has 100 valence electrons. The van der Waals surface area contributed by atoms with Gasteiger partial charge in [-0.1, -0.05) is 40.2 Å². The fraction of sp³-hybridized carbons (Fsp3) is 0. The first-order valence-electron chi connectivity index (χ1n) is 5.89. The Balaban J connectivity index is 2.05. The minimum absolute atomic E-state index is 0.257. The second-order valence-corrected chi connectivity index (χ2v) is 4.88. The number of benzene rings is 2. The molecule has 0 spiro atoms. The van der Waals surface area contributed by atoms with Gasteiger partial charge < -0.3 is 4.74 Å². The smallest absolute Gasteiger partial charge is 0.336 e. The Morgan fingerprint density at radius 3 is 2.45 bits per heavy atom. The summed E-state index contributed by atoms with van der Waals surface area (Å²) in [6, 6.07) is 14.1. The molecule has 0 heterocycles. The predicted molar refractivity (Wildman–Crippen MR) is 80.6 cm³/mol. The number of carbonyl (C=O) groups excluding carboxylic acids is 2. The summed E-state index contributed by atoms with van der Waals surface area (Å²) < 4.78 is 6.09. The number of halogens is 1. The number of esters is 1. The van der Waals surface area contributed by atoms with E-state index >= 15 is 0 Å². The van der Waals surface area contributed by atoms with Crippen LogP contribution in [0.5, 0.6) is 5.75 Å². The topological polar surface area (TPSA) is 43.4 Å². The third kappa shape index (κ3) is 3.90. The number of hydrogen-bond acceptors (Lipinski definition) is 3. The van der Waals surface area contributed by atoms with E-state index in [4.69, 9.17) is 4.74 Å². The van der Waals surface area contributed by atoms with Crippen LogP contribution >= 0.6 is 15.9 Å². The average Bonchev–Trinajstić information content (AvgIpc) is 2.47. The highest BCUT2D eigenvalue weighted by Crippen LogP contribution is 2.16. The number of ether oxygens (including phenoxy) is 1. The van der Waals surface area contributed by atoms with Crippen molar-refractivity contribution < 1.29 is 14.3 Å². The van der Waals surface area contributed by atoms with Crippen molar-refractivity contribution in [1.29, 1.82) is 0 Å². The Morgan fingerprint density at radius 1 is 1.05 bits per heavy atom. The first-order valence-corrected chi connectivity index (χ1v) is 6.68. The highest BCUT2D eigenvalue weighted by atomic mass is 79.9. The Morgan fingerprint density at radius 2 is 1.75 bits per heavy atom. The van der Waals surface area contributed by atoms with E-state index in [1.165, 1.54) is 6.08 Å². The maximum Gasteiger partial charge on any atom is 0.336 e. The van der Waals surface area contributed by atoms with E-state index in [2.05, 4.69) is 15.9 Å². The molecule has 0 saturated carbocycles. The monoisotopic (exact) mass is 330 g/mol. The highest BCUT2D eigenvalue weighted by Gasteiger charge is 2.05. The van der Waals surface area contributed by atoms with Gasteiger partial charge in [0.2, 0.25) is 0 Å². The summed E-state index contributed by atoms with van der Waals surface area (Å²) in [4.78, 5) is 22.5. The largest absolute Gasteiger partial charge is 0.423 e. The Kier molecular flexibility index (Phi) is 4.85. The van der Waals surface area contributed by atoms with Crippen molar-refractivity contribution in [3.63, 3.8) is 0 Å². The molecule has 4 heteroatoms. The Hall–Kier alpha value is -2.20. The molecule has 0 N–H and O–H groups in total. The lowest BCUT2D eigenvalue weighted by molar-refractivity contribution is -0.128. The summed E-state index contributed by atoms with van der Waals surface area (Å²) in [6.45, 7) is 0. The van der Waals surface area contributed by atoms with Crippen LogP contribution in [0.15, 0.2) is 59.1 Å². The van der Waals surface area contributed by atoms with Gasteiger partial charge in [0.25, 0.3) is 0 Å². The van der Waals surface area contributed by atoms with Crippen LogP contribution < -0.4 is 4.74 Å². The number of carbonyl (C=O) groups is 2. The van der Waals surface area contributed by atoms with Crippen LogP contribution in [0, 0.1) is 0 Å². The molecule has 0 radical (unpaired) electrons. The van der Waals surface area contributed by atoms with E-state index in [9.17, 15) is 9.59 Å². The van der Waals surface area contributed by atoms with E-state index in [1.54, 1.807) is 30.3 Å².